The number of rotatable bonds is 5. The number of carbonyl (C=O) groups excluding carboxylic acids is 2. The Balaban J connectivity index is 1.65. The SMILES string of the molecule is O=C(CN1CCCC1=O)N[C@H](c1ccccc1)C1CC(O)C1. The first-order chi connectivity index (χ1) is 10.6. The molecule has 22 heavy (non-hydrogen) atoms. The lowest BCUT2D eigenvalue weighted by Crippen LogP contribution is -2.45. The van der Waals surface area contributed by atoms with E-state index in [1.807, 2.05) is 30.3 Å². The molecule has 2 aliphatic rings. The zero-order valence-corrected chi connectivity index (χ0v) is 12.6. The van der Waals surface area contributed by atoms with Gasteiger partial charge < -0.3 is 15.3 Å². The van der Waals surface area contributed by atoms with E-state index in [2.05, 4.69) is 5.32 Å². The zero-order valence-electron chi connectivity index (χ0n) is 12.6. The first kappa shape index (κ1) is 15.0. The molecule has 1 saturated carbocycles. The van der Waals surface area contributed by atoms with Crippen LogP contribution in [-0.4, -0.2) is 41.0 Å². The van der Waals surface area contributed by atoms with Gasteiger partial charge in [0.25, 0.3) is 0 Å². The molecule has 1 aliphatic heterocycles. The molecule has 5 heteroatoms. The van der Waals surface area contributed by atoms with Gasteiger partial charge in [0.1, 0.15) is 0 Å². The van der Waals surface area contributed by atoms with Crippen molar-refractivity contribution in [3.8, 4) is 0 Å². The molecule has 1 aliphatic carbocycles. The predicted octanol–water partition coefficient (Wildman–Crippen LogP) is 1.24. The van der Waals surface area contributed by atoms with Gasteiger partial charge in [-0.2, -0.15) is 0 Å². The Morgan fingerprint density at radius 1 is 1.32 bits per heavy atom. The van der Waals surface area contributed by atoms with Crippen molar-refractivity contribution in [2.75, 3.05) is 13.1 Å². The third kappa shape index (κ3) is 3.30. The van der Waals surface area contributed by atoms with Gasteiger partial charge in [-0.05, 0) is 30.7 Å². The molecule has 1 atom stereocenters. The molecular formula is C17H22N2O3. The van der Waals surface area contributed by atoms with E-state index >= 15 is 0 Å². The molecule has 2 fully saturated rings. The van der Waals surface area contributed by atoms with Crippen molar-refractivity contribution >= 4 is 11.8 Å². The van der Waals surface area contributed by atoms with Crippen molar-refractivity contribution in [3.05, 3.63) is 35.9 Å². The summed E-state index contributed by atoms with van der Waals surface area (Å²) in [6.07, 6.45) is 2.55. The topological polar surface area (TPSA) is 69.6 Å². The van der Waals surface area contributed by atoms with Crippen LogP contribution in [0.3, 0.4) is 0 Å². The van der Waals surface area contributed by atoms with Crippen LogP contribution in [0.1, 0.15) is 37.3 Å². The van der Waals surface area contributed by atoms with E-state index in [1.54, 1.807) is 4.90 Å². The van der Waals surface area contributed by atoms with Crippen LogP contribution in [0.25, 0.3) is 0 Å². The Bertz CT molecular complexity index is 540. The maximum absolute atomic E-state index is 12.3. The number of amides is 2. The molecule has 3 rings (SSSR count). The van der Waals surface area contributed by atoms with Crippen LogP contribution in [0.5, 0.6) is 0 Å². The first-order valence-electron chi connectivity index (χ1n) is 7.93. The molecule has 118 valence electrons. The van der Waals surface area contributed by atoms with Crippen LogP contribution in [0.4, 0.5) is 0 Å². The highest BCUT2D eigenvalue weighted by Gasteiger charge is 2.36. The molecule has 5 nitrogen and oxygen atoms in total. The monoisotopic (exact) mass is 302 g/mol. The molecule has 2 N–H and O–H groups in total. The summed E-state index contributed by atoms with van der Waals surface area (Å²) in [6, 6.07) is 9.75. The van der Waals surface area contributed by atoms with Crippen LogP contribution >= 0.6 is 0 Å². The number of hydrogen-bond acceptors (Lipinski definition) is 3. The number of carbonyl (C=O) groups is 2. The van der Waals surface area contributed by atoms with E-state index < -0.39 is 0 Å². The average Bonchev–Trinajstić information content (AvgIpc) is 2.88. The Morgan fingerprint density at radius 2 is 2.05 bits per heavy atom. The van der Waals surface area contributed by atoms with Crippen LogP contribution in [0.2, 0.25) is 0 Å². The van der Waals surface area contributed by atoms with Crippen molar-refractivity contribution in [3.63, 3.8) is 0 Å². The first-order valence-corrected chi connectivity index (χ1v) is 7.93. The van der Waals surface area contributed by atoms with E-state index in [0.717, 1.165) is 12.0 Å². The summed E-state index contributed by atoms with van der Waals surface area (Å²) in [4.78, 5) is 25.5. The van der Waals surface area contributed by atoms with Gasteiger partial charge in [0.05, 0.1) is 18.7 Å². The Morgan fingerprint density at radius 3 is 2.64 bits per heavy atom. The number of nitrogens with zero attached hydrogens (tertiary/aromatic N) is 1. The minimum atomic E-state index is -0.256. The standard InChI is InChI=1S/C17H22N2O3/c20-14-9-13(10-14)17(12-5-2-1-3-6-12)18-15(21)11-19-8-4-7-16(19)22/h1-3,5-6,13-14,17,20H,4,7-11H2,(H,18,21)/t13?,14?,17-/m1/s1. The second-order valence-electron chi connectivity index (χ2n) is 6.26. The van der Waals surface area contributed by atoms with Gasteiger partial charge in [0, 0.05) is 13.0 Å². The number of benzene rings is 1. The highest BCUT2D eigenvalue weighted by molar-refractivity contribution is 5.86. The summed E-state index contributed by atoms with van der Waals surface area (Å²) in [5.74, 6) is 0.201. The minimum absolute atomic E-state index is 0.0606. The van der Waals surface area contributed by atoms with Gasteiger partial charge in [-0.25, -0.2) is 0 Å². The van der Waals surface area contributed by atoms with Crippen molar-refractivity contribution in [2.45, 2.75) is 37.8 Å². The van der Waals surface area contributed by atoms with Gasteiger partial charge in [0.15, 0.2) is 0 Å². The van der Waals surface area contributed by atoms with Gasteiger partial charge >= 0.3 is 0 Å². The number of aliphatic hydroxyl groups is 1. The van der Waals surface area contributed by atoms with Crippen molar-refractivity contribution < 1.29 is 14.7 Å². The molecule has 0 bridgehead atoms. The molecule has 1 saturated heterocycles. The van der Waals surface area contributed by atoms with E-state index in [9.17, 15) is 14.7 Å². The largest absolute Gasteiger partial charge is 0.393 e. The number of likely N-dealkylation sites (tertiary alicyclic amines) is 1. The van der Waals surface area contributed by atoms with E-state index in [4.69, 9.17) is 0 Å². The van der Waals surface area contributed by atoms with Crippen LogP contribution in [0, 0.1) is 5.92 Å². The van der Waals surface area contributed by atoms with E-state index in [1.165, 1.54) is 0 Å². The van der Waals surface area contributed by atoms with Crippen LogP contribution in [-0.2, 0) is 9.59 Å². The average molecular weight is 302 g/mol. The molecule has 0 unspecified atom stereocenters. The lowest BCUT2D eigenvalue weighted by Gasteiger charge is -2.38. The fourth-order valence-electron chi connectivity index (χ4n) is 3.30. The van der Waals surface area contributed by atoms with Crippen molar-refractivity contribution in [1.29, 1.82) is 0 Å². The fraction of sp³-hybridized carbons (Fsp3) is 0.529. The molecule has 0 spiro atoms. The van der Waals surface area contributed by atoms with Crippen molar-refractivity contribution in [2.24, 2.45) is 5.92 Å². The Kier molecular flexibility index (Phi) is 4.43. The van der Waals surface area contributed by atoms with Crippen LogP contribution < -0.4 is 5.32 Å². The smallest absolute Gasteiger partial charge is 0.240 e. The maximum Gasteiger partial charge on any atom is 0.240 e. The summed E-state index contributed by atoms with van der Waals surface area (Å²) in [7, 11) is 0. The molecule has 1 heterocycles. The maximum atomic E-state index is 12.3. The fourth-order valence-corrected chi connectivity index (χ4v) is 3.30. The number of hydrogen-bond donors (Lipinski definition) is 2. The quantitative estimate of drug-likeness (QED) is 0.859. The summed E-state index contributed by atoms with van der Waals surface area (Å²) >= 11 is 0. The van der Waals surface area contributed by atoms with Crippen LogP contribution in [0.15, 0.2) is 30.3 Å². The Hall–Kier alpha value is -1.88. The summed E-state index contributed by atoms with van der Waals surface area (Å²) in [6.45, 7) is 0.807. The third-order valence-electron chi connectivity index (χ3n) is 4.60. The van der Waals surface area contributed by atoms with Crippen molar-refractivity contribution in [1.82, 2.24) is 10.2 Å². The van der Waals surface area contributed by atoms with E-state index in [0.29, 0.717) is 25.8 Å². The lowest BCUT2D eigenvalue weighted by molar-refractivity contribution is -0.133. The molecule has 0 radical (unpaired) electrons. The highest BCUT2D eigenvalue weighted by atomic mass is 16.3. The minimum Gasteiger partial charge on any atom is -0.393 e. The van der Waals surface area contributed by atoms with Gasteiger partial charge in [-0.15, -0.1) is 0 Å². The van der Waals surface area contributed by atoms with E-state index in [-0.39, 0.29) is 36.4 Å². The Labute approximate surface area is 130 Å². The second-order valence-corrected chi connectivity index (χ2v) is 6.26. The molecule has 1 aromatic carbocycles. The third-order valence-corrected chi connectivity index (χ3v) is 4.60. The highest BCUT2D eigenvalue weighted by Crippen LogP contribution is 2.38. The second kappa shape index (κ2) is 6.48. The molecule has 2 amide bonds. The normalized spacial score (nSPS) is 25.7. The van der Waals surface area contributed by atoms with Gasteiger partial charge in [0.2, 0.25) is 11.8 Å². The molecule has 1 aromatic rings. The van der Waals surface area contributed by atoms with Gasteiger partial charge in [-0.1, -0.05) is 30.3 Å². The summed E-state index contributed by atoms with van der Waals surface area (Å²) in [5.41, 5.74) is 1.06. The lowest BCUT2D eigenvalue weighted by atomic mass is 9.75. The molecule has 0 aromatic heterocycles. The predicted molar refractivity (Wildman–Crippen MR) is 81.9 cm³/mol. The number of aliphatic hydroxyl groups excluding tert-OH is 1. The summed E-state index contributed by atoms with van der Waals surface area (Å²) in [5, 5.41) is 12.6. The van der Waals surface area contributed by atoms with Gasteiger partial charge in [-0.3, -0.25) is 9.59 Å². The number of nitrogens with one attached hydrogen (secondary N) is 1. The zero-order chi connectivity index (χ0) is 15.5. The molecular weight excluding hydrogens is 280 g/mol. The summed E-state index contributed by atoms with van der Waals surface area (Å²) < 4.78 is 0.